The number of hydrogen-bond donors (Lipinski definition) is 2. The Kier molecular flexibility index (Phi) is 3.51. The molecule has 2 atom stereocenters. The van der Waals surface area contributed by atoms with Crippen LogP contribution < -0.4 is 5.56 Å². The molecule has 1 amide bonds. The minimum Gasteiger partial charge on any atom is -0.391 e. The van der Waals surface area contributed by atoms with Crippen LogP contribution in [0, 0.1) is 5.92 Å². The van der Waals surface area contributed by atoms with Crippen LogP contribution in [0.25, 0.3) is 10.8 Å². The molecule has 3 rings (SSSR count). The number of amides is 1. The monoisotopic (exact) mass is 286 g/mol. The van der Waals surface area contributed by atoms with Gasteiger partial charge in [0, 0.05) is 18.5 Å². The first kappa shape index (κ1) is 13.8. The summed E-state index contributed by atoms with van der Waals surface area (Å²) in [5.74, 6) is -0.0338. The Hall–Kier alpha value is -2.14. The molecule has 1 aliphatic heterocycles. The van der Waals surface area contributed by atoms with E-state index in [4.69, 9.17) is 0 Å². The summed E-state index contributed by atoms with van der Waals surface area (Å²) in [4.78, 5) is 28.8. The number of aliphatic hydroxyl groups is 1. The molecule has 1 aliphatic rings. The largest absolute Gasteiger partial charge is 0.391 e. The van der Waals surface area contributed by atoms with E-state index in [1.54, 1.807) is 23.1 Å². The van der Waals surface area contributed by atoms with E-state index in [1.807, 2.05) is 19.1 Å². The summed E-state index contributed by atoms with van der Waals surface area (Å²) in [6.07, 6.45) is 0.264. The maximum atomic E-state index is 12.5. The molecule has 0 saturated carbocycles. The van der Waals surface area contributed by atoms with Crippen molar-refractivity contribution in [3.63, 3.8) is 0 Å². The number of rotatable bonds is 1. The second kappa shape index (κ2) is 5.33. The fraction of sp³-hybridized carbons (Fsp3) is 0.375. The van der Waals surface area contributed by atoms with Crippen molar-refractivity contribution in [1.82, 2.24) is 9.88 Å². The molecule has 2 aromatic rings. The van der Waals surface area contributed by atoms with Crippen LogP contribution in [-0.2, 0) is 0 Å². The Morgan fingerprint density at radius 3 is 2.90 bits per heavy atom. The summed E-state index contributed by atoms with van der Waals surface area (Å²) in [7, 11) is 0. The number of aromatic amines is 1. The van der Waals surface area contributed by atoms with Gasteiger partial charge in [0.15, 0.2) is 0 Å². The van der Waals surface area contributed by atoms with Gasteiger partial charge in [0.25, 0.3) is 11.5 Å². The van der Waals surface area contributed by atoms with Crippen molar-refractivity contribution in [2.75, 3.05) is 13.1 Å². The number of carbonyl (C=O) groups excluding carboxylic acids is 1. The van der Waals surface area contributed by atoms with Gasteiger partial charge >= 0.3 is 0 Å². The predicted octanol–water partition coefficient (Wildman–Crippen LogP) is 1.37. The minimum absolute atomic E-state index is 0.199. The number of piperidine rings is 1. The number of pyridine rings is 1. The summed E-state index contributed by atoms with van der Waals surface area (Å²) < 4.78 is 0. The normalized spacial score (nSPS) is 22.5. The van der Waals surface area contributed by atoms with E-state index in [1.165, 1.54) is 0 Å². The van der Waals surface area contributed by atoms with Crippen LogP contribution in [0.1, 0.15) is 23.8 Å². The molecule has 1 aromatic carbocycles. The van der Waals surface area contributed by atoms with Crippen molar-refractivity contribution in [2.45, 2.75) is 19.4 Å². The third kappa shape index (κ3) is 2.56. The number of benzene rings is 1. The van der Waals surface area contributed by atoms with Crippen molar-refractivity contribution < 1.29 is 9.90 Å². The number of hydrogen-bond acceptors (Lipinski definition) is 3. The van der Waals surface area contributed by atoms with Gasteiger partial charge < -0.3 is 15.0 Å². The lowest BCUT2D eigenvalue weighted by Crippen LogP contribution is -2.46. The lowest BCUT2D eigenvalue weighted by molar-refractivity contribution is 0.0245. The van der Waals surface area contributed by atoms with Crippen LogP contribution in [0.4, 0.5) is 0 Å². The van der Waals surface area contributed by atoms with Crippen molar-refractivity contribution >= 4 is 16.7 Å². The summed E-state index contributed by atoms with van der Waals surface area (Å²) in [5, 5.41) is 11.2. The average molecular weight is 286 g/mol. The first-order valence-corrected chi connectivity index (χ1v) is 7.15. The van der Waals surface area contributed by atoms with Crippen LogP contribution in [0.2, 0.25) is 0 Å². The lowest BCUT2D eigenvalue weighted by Gasteiger charge is -2.34. The van der Waals surface area contributed by atoms with Crippen molar-refractivity contribution in [3.05, 3.63) is 46.4 Å². The van der Waals surface area contributed by atoms with E-state index in [0.717, 1.165) is 11.8 Å². The van der Waals surface area contributed by atoms with E-state index in [0.29, 0.717) is 18.5 Å². The molecule has 0 radical (unpaired) electrons. The number of fused-ring (bicyclic) bond motifs is 1. The lowest BCUT2D eigenvalue weighted by atomic mass is 9.96. The number of nitrogens with one attached hydrogen (secondary N) is 1. The summed E-state index contributed by atoms with van der Waals surface area (Å²) in [5.41, 5.74) is 0.0165. The number of nitrogens with zero attached hydrogens (tertiary/aromatic N) is 1. The number of aromatic nitrogens is 1. The molecule has 5 heteroatoms. The van der Waals surface area contributed by atoms with Gasteiger partial charge in [0.05, 0.1) is 6.10 Å². The van der Waals surface area contributed by atoms with E-state index in [2.05, 4.69) is 4.98 Å². The average Bonchev–Trinajstić information content (AvgIpc) is 2.49. The van der Waals surface area contributed by atoms with Gasteiger partial charge in [-0.25, -0.2) is 0 Å². The molecule has 2 heterocycles. The molecular formula is C16H18N2O3. The molecule has 1 aromatic heterocycles. The number of H-pyrrole nitrogens is 1. The fourth-order valence-electron chi connectivity index (χ4n) is 2.73. The Morgan fingerprint density at radius 2 is 2.14 bits per heavy atom. The molecule has 0 spiro atoms. The van der Waals surface area contributed by atoms with Crippen molar-refractivity contribution in [2.24, 2.45) is 5.92 Å². The third-order valence-electron chi connectivity index (χ3n) is 4.19. The van der Waals surface area contributed by atoms with Crippen LogP contribution in [-0.4, -0.2) is 40.1 Å². The van der Waals surface area contributed by atoms with Gasteiger partial charge in [-0.2, -0.15) is 0 Å². The Balaban J connectivity index is 1.93. The third-order valence-corrected chi connectivity index (χ3v) is 4.19. The van der Waals surface area contributed by atoms with Gasteiger partial charge in [0.2, 0.25) is 0 Å². The molecular weight excluding hydrogens is 268 g/mol. The highest BCUT2D eigenvalue weighted by molar-refractivity contribution is 5.96. The quantitative estimate of drug-likeness (QED) is 0.831. The van der Waals surface area contributed by atoms with Crippen LogP contribution in [0.3, 0.4) is 0 Å². The maximum Gasteiger partial charge on any atom is 0.270 e. The molecule has 110 valence electrons. The highest BCUT2D eigenvalue weighted by Gasteiger charge is 2.28. The van der Waals surface area contributed by atoms with Gasteiger partial charge in [-0.1, -0.05) is 25.1 Å². The standard InChI is InChI=1S/C16H18N2O3/c1-10-6-7-18(9-14(10)19)16(21)13-8-11-4-2-3-5-12(11)15(20)17-13/h2-5,8,10,14,19H,6-7,9H2,1H3,(H,17,20). The fourth-order valence-corrected chi connectivity index (χ4v) is 2.73. The van der Waals surface area contributed by atoms with Crippen LogP contribution in [0.5, 0.6) is 0 Å². The maximum absolute atomic E-state index is 12.5. The van der Waals surface area contributed by atoms with E-state index < -0.39 is 6.10 Å². The molecule has 5 nitrogen and oxygen atoms in total. The van der Waals surface area contributed by atoms with Crippen LogP contribution >= 0.6 is 0 Å². The van der Waals surface area contributed by atoms with E-state index in [-0.39, 0.29) is 23.1 Å². The van der Waals surface area contributed by atoms with E-state index >= 15 is 0 Å². The predicted molar refractivity (Wildman–Crippen MR) is 80.3 cm³/mol. The minimum atomic E-state index is -0.505. The Morgan fingerprint density at radius 1 is 1.38 bits per heavy atom. The second-order valence-electron chi connectivity index (χ2n) is 5.68. The molecule has 0 aliphatic carbocycles. The molecule has 21 heavy (non-hydrogen) atoms. The number of β-amino-alcohol motifs (C(OH)–C–C–N with tert-alkyl or cyclic N) is 1. The van der Waals surface area contributed by atoms with Gasteiger partial charge in [0.1, 0.15) is 5.69 Å². The molecule has 2 unspecified atom stereocenters. The molecule has 1 saturated heterocycles. The van der Waals surface area contributed by atoms with Gasteiger partial charge in [-0.3, -0.25) is 9.59 Å². The number of carbonyl (C=O) groups is 1. The van der Waals surface area contributed by atoms with Gasteiger partial charge in [-0.15, -0.1) is 0 Å². The van der Waals surface area contributed by atoms with Gasteiger partial charge in [-0.05, 0) is 29.9 Å². The van der Waals surface area contributed by atoms with Crippen molar-refractivity contribution in [1.29, 1.82) is 0 Å². The summed E-state index contributed by atoms with van der Waals surface area (Å²) in [6, 6.07) is 8.87. The molecule has 0 bridgehead atoms. The Labute approximate surface area is 122 Å². The molecule has 1 fully saturated rings. The first-order chi connectivity index (χ1) is 10.1. The number of aliphatic hydroxyl groups excluding tert-OH is 1. The Bertz CT molecular complexity index is 738. The zero-order valence-electron chi connectivity index (χ0n) is 11.9. The first-order valence-electron chi connectivity index (χ1n) is 7.15. The summed E-state index contributed by atoms with van der Waals surface area (Å²) >= 11 is 0. The molecule has 2 N–H and O–H groups in total. The smallest absolute Gasteiger partial charge is 0.270 e. The summed E-state index contributed by atoms with van der Waals surface area (Å²) in [6.45, 7) is 2.89. The second-order valence-corrected chi connectivity index (χ2v) is 5.68. The van der Waals surface area contributed by atoms with Crippen molar-refractivity contribution in [3.8, 4) is 0 Å². The highest BCUT2D eigenvalue weighted by Crippen LogP contribution is 2.19. The van der Waals surface area contributed by atoms with E-state index in [9.17, 15) is 14.7 Å². The highest BCUT2D eigenvalue weighted by atomic mass is 16.3. The topological polar surface area (TPSA) is 73.4 Å². The number of likely N-dealkylation sites (tertiary alicyclic amines) is 1. The zero-order valence-corrected chi connectivity index (χ0v) is 11.9. The zero-order chi connectivity index (χ0) is 15.0. The SMILES string of the molecule is CC1CCN(C(=O)c2cc3ccccc3c(=O)[nH]2)CC1O. The van der Waals surface area contributed by atoms with Crippen LogP contribution in [0.15, 0.2) is 35.1 Å².